The highest BCUT2D eigenvalue weighted by atomic mass is 32.2. The molecule has 1 aromatic heterocycles. The van der Waals surface area contributed by atoms with E-state index in [9.17, 15) is 13.2 Å². The minimum Gasteiger partial charge on any atom is -0.491 e. The van der Waals surface area contributed by atoms with Gasteiger partial charge in [-0.1, -0.05) is 0 Å². The average Bonchev–Trinajstić information content (AvgIpc) is 3.21. The van der Waals surface area contributed by atoms with E-state index in [2.05, 4.69) is 9.71 Å². The van der Waals surface area contributed by atoms with Gasteiger partial charge in [0.05, 0.1) is 22.4 Å². The minimum absolute atomic E-state index is 0.00186. The van der Waals surface area contributed by atoms with Crippen LogP contribution >= 0.6 is 11.3 Å². The standard InChI is InChI=1S/C22H23N3O5S2/c1-4-25-19-11-15(5-10-20(19)29-12-21(25)26)18-13-31-22(23-18)24-32(27,28)17-8-6-16(7-9-17)30-14(2)3/h5-11,13-14H,4,12H2,1-3H3,(H,23,24). The van der Waals surface area contributed by atoms with Crippen molar-refractivity contribution in [1.82, 2.24) is 4.98 Å². The predicted octanol–water partition coefficient (Wildman–Crippen LogP) is 4.14. The number of aromatic nitrogens is 1. The van der Waals surface area contributed by atoms with Crippen molar-refractivity contribution in [3.63, 3.8) is 0 Å². The van der Waals surface area contributed by atoms with Gasteiger partial charge in [-0.15, -0.1) is 11.3 Å². The molecule has 1 aliphatic rings. The van der Waals surface area contributed by atoms with Gasteiger partial charge in [0.15, 0.2) is 11.7 Å². The van der Waals surface area contributed by atoms with Crippen molar-refractivity contribution in [2.24, 2.45) is 0 Å². The number of fused-ring (bicyclic) bond motifs is 1. The van der Waals surface area contributed by atoms with Gasteiger partial charge in [0.25, 0.3) is 15.9 Å². The van der Waals surface area contributed by atoms with Crippen molar-refractivity contribution < 1.29 is 22.7 Å². The molecule has 2 aromatic carbocycles. The second-order valence-corrected chi connectivity index (χ2v) is 9.93. The van der Waals surface area contributed by atoms with Crippen LogP contribution in [-0.4, -0.2) is 38.6 Å². The molecule has 1 aliphatic heterocycles. The van der Waals surface area contributed by atoms with Gasteiger partial charge in [0.2, 0.25) is 0 Å². The molecule has 0 bridgehead atoms. The van der Waals surface area contributed by atoms with Crippen LogP contribution in [0.5, 0.6) is 11.5 Å². The van der Waals surface area contributed by atoms with Crippen LogP contribution in [-0.2, 0) is 14.8 Å². The topological polar surface area (TPSA) is 97.8 Å². The van der Waals surface area contributed by atoms with Crippen LogP contribution in [0.15, 0.2) is 52.7 Å². The maximum absolute atomic E-state index is 12.7. The molecule has 0 aliphatic carbocycles. The fourth-order valence-corrected chi connectivity index (χ4v) is 5.28. The Morgan fingerprint density at radius 2 is 1.97 bits per heavy atom. The Balaban J connectivity index is 1.54. The van der Waals surface area contributed by atoms with E-state index in [1.165, 1.54) is 23.5 Å². The van der Waals surface area contributed by atoms with Gasteiger partial charge in [0, 0.05) is 17.5 Å². The van der Waals surface area contributed by atoms with Crippen molar-refractivity contribution in [2.45, 2.75) is 31.8 Å². The van der Waals surface area contributed by atoms with Crippen LogP contribution in [0, 0.1) is 0 Å². The second kappa shape index (κ2) is 8.79. The third-order valence-corrected chi connectivity index (χ3v) is 6.99. The van der Waals surface area contributed by atoms with Gasteiger partial charge in [-0.25, -0.2) is 13.4 Å². The summed E-state index contributed by atoms with van der Waals surface area (Å²) in [6, 6.07) is 11.7. The molecule has 0 fully saturated rings. The fourth-order valence-electron chi connectivity index (χ4n) is 3.30. The number of nitrogens with one attached hydrogen (secondary N) is 1. The number of nitrogens with zero attached hydrogens (tertiary/aromatic N) is 2. The van der Waals surface area contributed by atoms with Crippen LogP contribution in [0.4, 0.5) is 10.8 Å². The quantitative estimate of drug-likeness (QED) is 0.554. The first-order chi connectivity index (χ1) is 15.3. The van der Waals surface area contributed by atoms with Gasteiger partial charge in [-0.3, -0.25) is 9.52 Å². The largest absolute Gasteiger partial charge is 0.491 e. The first kappa shape index (κ1) is 22.1. The summed E-state index contributed by atoms with van der Waals surface area (Å²) in [5, 5.41) is 2.01. The molecule has 8 nitrogen and oxygen atoms in total. The van der Waals surface area contributed by atoms with Crippen LogP contribution in [0.1, 0.15) is 20.8 Å². The summed E-state index contributed by atoms with van der Waals surface area (Å²) in [6.45, 7) is 6.25. The molecule has 4 rings (SSSR count). The zero-order chi connectivity index (χ0) is 22.9. The number of ether oxygens (including phenoxy) is 2. The first-order valence-corrected chi connectivity index (χ1v) is 12.5. The molecule has 32 heavy (non-hydrogen) atoms. The highest BCUT2D eigenvalue weighted by Gasteiger charge is 2.25. The van der Waals surface area contributed by atoms with Gasteiger partial charge in [-0.2, -0.15) is 0 Å². The number of rotatable bonds is 7. The number of amides is 1. The highest BCUT2D eigenvalue weighted by Crippen LogP contribution is 2.37. The van der Waals surface area contributed by atoms with Gasteiger partial charge >= 0.3 is 0 Å². The summed E-state index contributed by atoms with van der Waals surface area (Å²) in [6.07, 6.45) is 0.00186. The summed E-state index contributed by atoms with van der Waals surface area (Å²) in [4.78, 5) is 18.3. The van der Waals surface area contributed by atoms with Crippen LogP contribution in [0.25, 0.3) is 11.3 Å². The summed E-state index contributed by atoms with van der Waals surface area (Å²) in [5.74, 6) is 1.14. The Kier molecular flexibility index (Phi) is 6.07. The molecule has 0 atom stereocenters. The van der Waals surface area contributed by atoms with Gasteiger partial charge in [0.1, 0.15) is 11.5 Å². The second-order valence-electron chi connectivity index (χ2n) is 7.39. The number of thiazole rings is 1. The van der Waals surface area contributed by atoms with Crippen molar-refractivity contribution >= 4 is 38.1 Å². The van der Waals surface area contributed by atoms with E-state index in [1.54, 1.807) is 28.5 Å². The smallest absolute Gasteiger partial charge is 0.265 e. The van der Waals surface area contributed by atoms with Crippen LogP contribution < -0.4 is 19.1 Å². The third-order valence-electron chi connectivity index (χ3n) is 4.75. The van der Waals surface area contributed by atoms with Crippen molar-refractivity contribution in [2.75, 3.05) is 22.8 Å². The molecule has 0 spiro atoms. The summed E-state index contributed by atoms with van der Waals surface area (Å²) >= 11 is 1.18. The number of anilines is 2. The maximum atomic E-state index is 12.7. The van der Waals surface area contributed by atoms with Crippen molar-refractivity contribution in [1.29, 1.82) is 0 Å². The molecule has 168 valence electrons. The maximum Gasteiger partial charge on any atom is 0.265 e. The van der Waals surface area contributed by atoms with E-state index < -0.39 is 10.0 Å². The molecular weight excluding hydrogens is 450 g/mol. The molecule has 0 saturated heterocycles. The summed E-state index contributed by atoms with van der Waals surface area (Å²) in [7, 11) is -3.79. The Morgan fingerprint density at radius 3 is 2.66 bits per heavy atom. The zero-order valence-corrected chi connectivity index (χ0v) is 19.5. The normalized spacial score (nSPS) is 13.6. The van der Waals surface area contributed by atoms with Gasteiger partial charge in [-0.05, 0) is 63.2 Å². The molecule has 0 saturated carbocycles. The lowest BCUT2D eigenvalue weighted by molar-refractivity contribution is -0.121. The number of carbonyl (C=O) groups excluding carboxylic acids is 1. The third kappa shape index (κ3) is 4.56. The molecule has 0 radical (unpaired) electrons. The molecule has 3 aromatic rings. The van der Waals surface area contributed by atoms with Crippen LogP contribution in [0.2, 0.25) is 0 Å². The highest BCUT2D eigenvalue weighted by molar-refractivity contribution is 7.93. The van der Waals surface area contributed by atoms with Gasteiger partial charge < -0.3 is 14.4 Å². The number of hydrogen-bond acceptors (Lipinski definition) is 7. The zero-order valence-electron chi connectivity index (χ0n) is 17.9. The summed E-state index contributed by atoms with van der Waals surface area (Å²) < 4.78 is 39.1. The molecule has 10 heteroatoms. The van der Waals surface area contributed by atoms with E-state index in [0.29, 0.717) is 29.4 Å². The van der Waals surface area contributed by atoms with E-state index in [4.69, 9.17) is 9.47 Å². The fraction of sp³-hybridized carbons (Fsp3) is 0.273. The Morgan fingerprint density at radius 1 is 1.22 bits per heavy atom. The average molecular weight is 474 g/mol. The lowest BCUT2D eigenvalue weighted by Crippen LogP contribution is -2.38. The molecule has 1 N–H and O–H groups in total. The lowest BCUT2D eigenvalue weighted by atomic mass is 10.1. The summed E-state index contributed by atoms with van der Waals surface area (Å²) in [5.41, 5.74) is 2.04. The molecule has 2 heterocycles. The number of benzene rings is 2. The number of hydrogen-bond donors (Lipinski definition) is 1. The number of sulfonamides is 1. The monoisotopic (exact) mass is 473 g/mol. The van der Waals surface area contributed by atoms with E-state index >= 15 is 0 Å². The van der Waals surface area contributed by atoms with Crippen molar-refractivity contribution in [3.8, 4) is 22.8 Å². The molecule has 1 amide bonds. The first-order valence-electron chi connectivity index (χ1n) is 10.1. The molecule has 0 unspecified atom stereocenters. The SMILES string of the molecule is CCN1C(=O)COc2ccc(-c3csc(NS(=O)(=O)c4ccc(OC(C)C)cc4)n3)cc21. The van der Waals surface area contributed by atoms with Crippen LogP contribution in [0.3, 0.4) is 0 Å². The Labute approximate surface area is 190 Å². The Hall–Kier alpha value is -3.11. The Bertz CT molecular complexity index is 1240. The van der Waals surface area contributed by atoms with E-state index in [0.717, 1.165) is 5.56 Å². The number of likely N-dealkylation sites (N-methyl/N-ethyl adjacent to an activating group) is 1. The lowest BCUT2D eigenvalue weighted by Gasteiger charge is -2.28. The van der Waals surface area contributed by atoms with Crippen molar-refractivity contribution in [3.05, 3.63) is 47.8 Å². The molecular formula is C22H23N3O5S2. The van der Waals surface area contributed by atoms with E-state index in [-0.39, 0.29) is 28.6 Å². The van der Waals surface area contributed by atoms with E-state index in [1.807, 2.05) is 32.9 Å². The minimum atomic E-state index is -3.79. The predicted molar refractivity (Wildman–Crippen MR) is 124 cm³/mol. The number of carbonyl (C=O) groups is 1.